The smallest absolute Gasteiger partial charge is 0.140 e. The van der Waals surface area contributed by atoms with Crippen molar-refractivity contribution in [2.75, 3.05) is 31.3 Å². The number of hydrogen-bond donors (Lipinski definition) is 2. The number of H-pyrrole nitrogens is 1. The zero-order valence-corrected chi connectivity index (χ0v) is 15.1. The Morgan fingerprint density at radius 2 is 2.04 bits per heavy atom. The number of benzene rings is 1. The Balaban J connectivity index is 1.43. The van der Waals surface area contributed by atoms with Crippen molar-refractivity contribution < 1.29 is 4.74 Å². The van der Waals surface area contributed by atoms with Crippen LogP contribution in [0.15, 0.2) is 36.5 Å². The first-order valence-electron chi connectivity index (χ1n) is 8.93. The molecule has 26 heavy (non-hydrogen) atoms. The van der Waals surface area contributed by atoms with Crippen LogP contribution in [0.3, 0.4) is 0 Å². The summed E-state index contributed by atoms with van der Waals surface area (Å²) in [6, 6.07) is 10.0. The maximum absolute atomic E-state index is 6.43. The highest BCUT2D eigenvalue weighted by molar-refractivity contribution is 6.33. The van der Waals surface area contributed by atoms with Crippen LogP contribution in [0, 0.1) is 0 Å². The van der Waals surface area contributed by atoms with Gasteiger partial charge in [0, 0.05) is 31.4 Å². The van der Waals surface area contributed by atoms with E-state index in [1.165, 1.54) is 0 Å². The first-order chi connectivity index (χ1) is 12.7. The third-order valence-corrected chi connectivity index (χ3v) is 5.71. The maximum Gasteiger partial charge on any atom is 0.140 e. The van der Waals surface area contributed by atoms with Crippen molar-refractivity contribution in [2.24, 2.45) is 0 Å². The third-order valence-electron chi connectivity index (χ3n) is 5.41. The summed E-state index contributed by atoms with van der Waals surface area (Å²) in [5, 5.41) is 3.90. The summed E-state index contributed by atoms with van der Waals surface area (Å²) in [6.07, 6.45) is 3.73. The Morgan fingerprint density at radius 1 is 1.19 bits per heavy atom. The van der Waals surface area contributed by atoms with Crippen LogP contribution in [0.1, 0.15) is 12.8 Å². The SMILES string of the molecule is Clc1cnc(N2CCC3(CC2)CNCO3)cc1-c1nc2ccccc2[nH]1. The molecule has 4 heterocycles. The van der Waals surface area contributed by atoms with Gasteiger partial charge in [0.25, 0.3) is 0 Å². The molecule has 0 bridgehead atoms. The molecule has 1 aromatic carbocycles. The molecular weight excluding hydrogens is 350 g/mol. The van der Waals surface area contributed by atoms with Crippen LogP contribution in [-0.2, 0) is 4.74 Å². The van der Waals surface area contributed by atoms with Gasteiger partial charge in [-0.25, -0.2) is 9.97 Å². The van der Waals surface area contributed by atoms with Crippen molar-refractivity contribution in [3.8, 4) is 11.4 Å². The van der Waals surface area contributed by atoms with E-state index in [-0.39, 0.29) is 5.60 Å². The minimum Gasteiger partial charge on any atom is -0.358 e. The number of rotatable bonds is 2. The zero-order valence-electron chi connectivity index (χ0n) is 14.3. The van der Waals surface area contributed by atoms with Gasteiger partial charge in [-0.05, 0) is 31.0 Å². The largest absolute Gasteiger partial charge is 0.358 e. The molecule has 2 aromatic heterocycles. The maximum atomic E-state index is 6.43. The number of pyridine rings is 1. The number of nitrogens with one attached hydrogen (secondary N) is 2. The molecule has 5 rings (SSSR count). The lowest BCUT2D eigenvalue weighted by Crippen LogP contribution is -2.46. The number of halogens is 1. The molecule has 3 aromatic rings. The van der Waals surface area contributed by atoms with E-state index in [0.29, 0.717) is 11.8 Å². The number of aromatic nitrogens is 3. The molecule has 6 nitrogen and oxygen atoms in total. The average molecular weight is 370 g/mol. The number of hydrogen-bond acceptors (Lipinski definition) is 5. The predicted molar refractivity (Wildman–Crippen MR) is 102 cm³/mol. The van der Waals surface area contributed by atoms with E-state index >= 15 is 0 Å². The molecule has 0 radical (unpaired) electrons. The van der Waals surface area contributed by atoms with Gasteiger partial charge >= 0.3 is 0 Å². The van der Waals surface area contributed by atoms with Gasteiger partial charge in [0.2, 0.25) is 0 Å². The summed E-state index contributed by atoms with van der Waals surface area (Å²) in [7, 11) is 0. The Hall–Kier alpha value is -2.15. The van der Waals surface area contributed by atoms with E-state index in [2.05, 4.69) is 25.2 Å². The predicted octanol–water partition coefficient (Wildman–Crippen LogP) is 3.19. The van der Waals surface area contributed by atoms with Crippen molar-refractivity contribution in [3.05, 3.63) is 41.6 Å². The first kappa shape index (κ1) is 16.1. The number of nitrogens with zero attached hydrogens (tertiary/aromatic N) is 3. The van der Waals surface area contributed by atoms with Gasteiger partial charge < -0.3 is 14.6 Å². The number of imidazole rings is 1. The molecule has 0 unspecified atom stereocenters. The van der Waals surface area contributed by atoms with Crippen LogP contribution in [-0.4, -0.2) is 46.9 Å². The fourth-order valence-electron chi connectivity index (χ4n) is 3.86. The highest BCUT2D eigenvalue weighted by Gasteiger charge is 2.38. The molecule has 1 spiro atoms. The lowest BCUT2D eigenvalue weighted by Gasteiger charge is -2.38. The Morgan fingerprint density at radius 3 is 2.81 bits per heavy atom. The highest BCUT2D eigenvalue weighted by Crippen LogP contribution is 2.33. The van der Waals surface area contributed by atoms with Gasteiger partial charge in [-0.15, -0.1) is 0 Å². The van der Waals surface area contributed by atoms with Crippen molar-refractivity contribution >= 4 is 28.5 Å². The molecule has 134 valence electrons. The molecule has 0 saturated carbocycles. The summed E-state index contributed by atoms with van der Waals surface area (Å²) in [5.41, 5.74) is 2.82. The molecule has 2 fully saturated rings. The van der Waals surface area contributed by atoms with E-state index < -0.39 is 0 Å². The van der Waals surface area contributed by atoms with Crippen molar-refractivity contribution in [1.29, 1.82) is 0 Å². The molecule has 2 aliphatic heterocycles. The first-order valence-corrected chi connectivity index (χ1v) is 9.31. The quantitative estimate of drug-likeness (QED) is 0.726. The van der Waals surface area contributed by atoms with Gasteiger partial charge in [-0.1, -0.05) is 23.7 Å². The highest BCUT2D eigenvalue weighted by atomic mass is 35.5. The fourth-order valence-corrected chi connectivity index (χ4v) is 4.05. The van der Waals surface area contributed by atoms with Crippen molar-refractivity contribution in [1.82, 2.24) is 20.3 Å². The number of piperidine rings is 1. The standard InChI is InChI=1S/C19H20ClN5O/c20-14-10-22-17(25-7-5-19(6-8-25)11-21-12-26-19)9-13(14)18-23-15-3-1-2-4-16(15)24-18/h1-4,9-10,21H,5-8,11-12H2,(H,23,24). The average Bonchev–Trinajstić information content (AvgIpc) is 3.30. The van der Waals surface area contributed by atoms with Crippen LogP contribution in [0.5, 0.6) is 0 Å². The van der Waals surface area contributed by atoms with Crippen LogP contribution in [0.4, 0.5) is 5.82 Å². The molecule has 2 N–H and O–H groups in total. The summed E-state index contributed by atoms with van der Waals surface area (Å²) in [4.78, 5) is 14.9. The monoisotopic (exact) mass is 369 g/mol. The van der Waals surface area contributed by atoms with E-state index in [1.807, 2.05) is 30.3 Å². The van der Waals surface area contributed by atoms with E-state index in [4.69, 9.17) is 16.3 Å². The molecule has 2 aliphatic rings. The summed E-state index contributed by atoms with van der Waals surface area (Å²) in [5.74, 6) is 1.71. The fraction of sp³-hybridized carbons (Fsp3) is 0.368. The van der Waals surface area contributed by atoms with Crippen molar-refractivity contribution in [3.63, 3.8) is 0 Å². The van der Waals surface area contributed by atoms with Crippen LogP contribution in [0.2, 0.25) is 5.02 Å². The third kappa shape index (κ3) is 2.74. The molecule has 0 aliphatic carbocycles. The summed E-state index contributed by atoms with van der Waals surface area (Å²) >= 11 is 6.43. The van der Waals surface area contributed by atoms with Crippen LogP contribution < -0.4 is 10.2 Å². The summed E-state index contributed by atoms with van der Waals surface area (Å²) < 4.78 is 5.92. The molecule has 0 amide bonds. The molecular formula is C19H20ClN5O. The number of para-hydroxylation sites is 2. The van der Waals surface area contributed by atoms with E-state index in [1.54, 1.807) is 6.20 Å². The summed E-state index contributed by atoms with van der Waals surface area (Å²) in [6.45, 7) is 3.46. The molecule has 0 atom stereocenters. The number of fused-ring (bicyclic) bond motifs is 1. The second kappa shape index (κ2) is 6.23. The minimum atomic E-state index is 0.00446. The Kier molecular flexibility index (Phi) is 3.85. The second-order valence-electron chi connectivity index (χ2n) is 7.01. The number of anilines is 1. The number of ether oxygens (including phenoxy) is 1. The Bertz CT molecular complexity index is 907. The van der Waals surface area contributed by atoms with Crippen LogP contribution in [0.25, 0.3) is 22.4 Å². The second-order valence-corrected chi connectivity index (χ2v) is 7.42. The van der Waals surface area contributed by atoms with Gasteiger partial charge in [0.1, 0.15) is 11.6 Å². The topological polar surface area (TPSA) is 66.1 Å². The minimum absolute atomic E-state index is 0.00446. The normalized spacial score (nSPS) is 19.5. The van der Waals surface area contributed by atoms with E-state index in [9.17, 15) is 0 Å². The van der Waals surface area contributed by atoms with Gasteiger partial charge in [0.05, 0.1) is 28.4 Å². The van der Waals surface area contributed by atoms with Gasteiger partial charge in [0.15, 0.2) is 0 Å². The molecule has 7 heteroatoms. The lowest BCUT2D eigenvalue weighted by molar-refractivity contribution is -0.00764. The van der Waals surface area contributed by atoms with Crippen molar-refractivity contribution in [2.45, 2.75) is 18.4 Å². The zero-order chi connectivity index (χ0) is 17.6. The van der Waals surface area contributed by atoms with Gasteiger partial charge in [-0.3, -0.25) is 5.32 Å². The van der Waals surface area contributed by atoms with E-state index in [0.717, 1.165) is 60.7 Å². The number of aromatic amines is 1. The lowest BCUT2D eigenvalue weighted by atomic mass is 9.91. The molecule has 2 saturated heterocycles. The Labute approximate surface area is 156 Å². The van der Waals surface area contributed by atoms with Gasteiger partial charge in [-0.2, -0.15) is 0 Å². The van der Waals surface area contributed by atoms with Crippen LogP contribution >= 0.6 is 11.6 Å².